The summed E-state index contributed by atoms with van der Waals surface area (Å²) in [5.74, 6) is -2.72. The zero-order valence-electron chi connectivity index (χ0n) is 20.9. The van der Waals surface area contributed by atoms with Crippen molar-refractivity contribution < 1.29 is 22.9 Å². The lowest BCUT2D eigenvalue weighted by molar-refractivity contribution is -0.123. The highest BCUT2D eigenvalue weighted by molar-refractivity contribution is 7.86. The van der Waals surface area contributed by atoms with E-state index in [0.29, 0.717) is 53.5 Å². The van der Waals surface area contributed by atoms with Crippen molar-refractivity contribution in [2.24, 2.45) is 9.98 Å². The van der Waals surface area contributed by atoms with Crippen LogP contribution in [0.25, 0.3) is 0 Å². The van der Waals surface area contributed by atoms with Crippen LogP contribution >= 0.6 is 0 Å². The molecule has 11 heteroatoms. The third-order valence-corrected chi connectivity index (χ3v) is 7.13. The van der Waals surface area contributed by atoms with E-state index in [1.807, 2.05) is 6.92 Å². The van der Waals surface area contributed by atoms with Gasteiger partial charge in [-0.1, -0.05) is 12.1 Å². The molecule has 2 aromatic carbocycles. The number of amides is 1. The minimum Gasteiger partial charge on any atom is -0.390 e. The first kappa shape index (κ1) is 29.7. The van der Waals surface area contributed by atoms with Gasteiger partial charge in [0.15, 0.2) is 11.0 Å². The minimum absolute atomic E-state index is 0.100. The van der Waals surface area contributed by atoms with Crippen molar-refractivity contribution in [1.29, 1.82) is 5.26 Å². The Labute approximate surface area is 218 Å². The molecule has 37 heavy (non-hydrogen) atoms. The third-order valence-electron chi connectivity index (χ3n) is 5.98. The summed E-state index contributed by atoms with van der Waals surface area (Å²) in [5.41, 5.74) is 1.92. The van der Waals surface area contributed by atoms with Gasteiger partial charge in [-0.2, -0.15) is 5.26 Å². The summed E-state index contributed by atoms with van der Waals surface area (Å²) < 4.78 is 40.6. The van der Waals surface area contributed by atoms with Crippen LogP contribution in [0, 0.1) is 18.3 Å². The number of likely N-dealkylation sites (tertiary alicyclic amines) is 1. The summed E-state index contributed by atoms with van der Waals surface area (Å²) in [4.78, 5) is 20.1. The Morgan fingerprint density at radius 3 is 2.49 bits per heavy atom. The van der Waals surface area contributed by atoms with E-state index < -0.39 is 22.5 Å². The summed E-state index contributed by atoms with van der Waals surface area (Å²) in [7, 11) is -1.56. The van der Waals surface area contributed by atoms with Crippen molar-refractivity contribution >= 4 is 47.9 Å². The second-order valence-electron chi connectivity index (χ2n) is 8.89. The molecular formula is C26H31F2N5O3S. The van der Waals surface area contributed by atoms with E-state index >= 15 is 0 Å². The van der Waals surface area contributed by atoms with Gasteiger partial charge in [-0.3, -0.25) is 14.8 Å². The number of benzene rings is 2. The number of anilines is 1. The topological polar surface area (TPSA) is 118 Å². The molecule has 2 aromatic rings. The Balaban J connectivity index is 0.000000281. The number of nitrogens with one attached hydrogen (secondary N) is 1. The fourth-order valence-electron chi connectivity index (χ4n) is 3.66. The lowest BCUT2D eigenvalue weighted by Crippen LogP contribution is -2.44. The number of para-hydroxylation sites is 1. The molecule has 3 rings (SSSR count). The molecule has 1 heterocycles. The van der Waals surface area contributed by atoms with Gasteiger partial charge in [-0.15, -0.1) is 0 Å². The van der Waals surface area contributed by atoms with E-state index in [2.05, 4.69) is 34.2 Å². The second kappa shape index (κ2) is 13.2. The van der Waals surface area contributed by atoms with Crippen molar-refractivity contribution in [3.05, 3.63) is 47.5 Å². The maximum atomic E-state index is 12.6. The molecule has 1 amide bonds. The standard InChI is InChI=1S/C16H14N4OS.C10H17F2NO2/c1-11-7-8-13(9-12(11)10-17)20-22(21)15-6-4-5-14(18-2)16(15)19-3;1-9(11,12)2-3-10(15)4-6-13(8-14)7-5-10/h4-9,20H,2-3H2,1H3;8,15H,2-7H2,1H3. The first-order valence-electron chi connectivity index (χ1n) is 11.5. The fourth-order valence-corrected chi connectivity index (χ4v) is 4.66. The van der Waals surface area contributed by atoms with Crippen LogP contribution in [-0.4, -0.2) is 58.7 Å². The smallest absolute Gasteiger partial charge is 0.245 e. The number of alkyl halides is 2. The summed E-state index contributed by atoms with van der Waals surface area (Å²) in [5, 5.41) is 19.0. The quantitative estimate of drug-likeness (QED) is 0.347. The molecular weight excluding hydrogens is 500 g/mol. The molecule has 2 N–H and O–H groups in total. The molecule has 1 saturated heterocycles. The van der Waals surface area contributed by atoms with Gasteiger partial charge in [0, 0.05) is 25.2 Å². The van der Waals surface area contributed by atoms with Gasteiger partial charge in [-0.25, -0.2) is 13.0 Å². The molecule has 1 unspecified atom stereocenters. The van der Waals surface area contributed by atoms with E-state index in [-0.39, 0.29) is 12.8 Å². The summed E-state index contributed by atoms with van der Waals surface area (Å²) in [6.45, 7) is 10.6. The Kier molecular flexibility index (Phi) is 10.6. The zero-order chi connectivity index (χ0) is 27.6. The highest BCUT2D eigenvalue weighted by Crippen LogP contribution is 2.34. The molecule has 0 bridgehead atoms. The van der Waals surface area contributed by atoms with Crippen molar-refractivity contribution in [2.45, 2.75) is 55.9 Å². The largest absolute Gasteiger partial charge is 0.390 e. The number of hydrogen-bond donors (Lipinski definition) is 2. The lowest BCUT2D eigenvalue weighted by Gasteiger charge is -2.37. The fraction of sp³-hybridized carbons (Fsp3) is 0.385. The average molecular weight is 532 g/mol. The van der Waals surface area contributed by atoms with Crippen molar-refractivity contribution in [3.8, 4) is 6.07 Å². The Hall–Kier alpha value is -3.49. The number of aliphatic imine (C=N–C) groups is 2. The predicted octanol–water partition coefficient (Wildman–Crippen LogP) is 5.07. The van der Waals surface area contributed by atoms with E-state index in [9.17, 15) is 22.9 Å². The summed E-state index contributed by atoms with van der Waals surface area (Å²) >= 11 is 0. The van der Waals surface area contributed by atoms with Crippen LogP contribution in [-0.2, 0) is 15.8 Å². The van der Waals surface area contributed by atoms with Gasteiger partial charge in [0.1, 0.15) is 5.69 Å². The van der Waals surface area contributed by atoms with Crippen molar-refractivity contribution in [3.63, 3.8) is 0 Å². The first-order chi connectivity index (χ1) is 17.4. The van der Waals surface area contributed by atoms with Crippen LogP contribution in [0.15, 0.2) is 51.3 Å². The number of aryl methyl sites for hydroxylation is 1. The molecule has 0 aliphatic carbocycles. The molecule has 0 spiro atoms. The average Bonchev–Trinajstić information content (AvgIpc) is 2.88. The molecule has 0 radical (unpaired) electrons. The van der Waals surface area contributed by atoms with Crippen LogP contribution in [0.2, 0.25) is 0 Å². The molecule has 8 nitrogen and oxygen atoms in total. The molecule has 1 aliphatic heterocycles. The SMILES string of the molecule is C=Nc1cccc(S(=O)Nc2ccc(C)c(C#N)c2)c1N=C.CC(F)(F)CCC1(O)CCN(C=O)CC1. The van der Waals surface area contributed by atoms with Gasteiger partial charge in [0.25, 0.3) is 0 Å². The monoisotopic (exact) mass is 531 g/mol. The van der Waals surface area contributed by atoms with Crippen molar-refractivity contribution in [2.75, 3.05) is 17.8 Å². The number of carbonyl (C=O) groups is 1. The van der Waals surface area contributed by atoms with Crippen molar-refractivity contribution in [1.82, 2.24) is 4.90 Å². The van der Waals surface area contributed by atoms with Gasteiger partial charge < -0.3 is 14.7 Å². The molecule has 1 atom stereocenters. The van der Waals surface area contributed by atoms with Gasteiger partial charge in [-0.05, 0) is 76.4 Å². The number of piperidine rings is 1. The second-order valence-corrected chi connectivity index (χ2v) is 10.1. The van der Waals surface area contributed by atoms with Crippen LogP contribution < -0.4 is 4.72 Å². The van der Waals surface area contributed by atoms with Gasteiger partial charge in [0.2, 0.25) is 12.3 Å². The number of rotatable bonds is 9. The molecule has 1 aliphatic rings. The van der Waals surface area contributed by atoms with E-state index in [0.717, 1.165) is 18.9 Å². The number of carbonyl (C=O) groups excluding carboxylic acids is 1. The number of hydrogen-bond acceptors (Lipinski definition) is 6. The normalized spacial score (nSPS) is 15.4. The van der Waals surface area contributed by atoms with E-state index in [1.54, 1.807) is 41.3 Å². The van der Waals surface area contributed by atoms with Crippen LogP contribution in [0.1, 0.15) is 43.7 Å². The van der Waals surface area contributed by atoms with Crippen LogP contribution in [0.5, 0.6) is 0 Å². The van der Waals surface area contributed by atoms with Gasteiger partial charge in [0.05, 0.1) is 27.8 Å². The first-order valence-corrected chi connectivity index (χ1v) is 12.7. The highest BCUT2D eigenvalue weighted by atomic mass is 32.2. The summed E-state index contributed by atoms with van der Waals surface area (Å²) in [6.07, 6.45) is 1.31. The number of nitrogens with zero attached hydrogens (tertiary/aromatic N) is 4. The molecule has 1 fully saturated rings. The molecule has 198 valence electrons. The molecule has 0 saturated carbocycles. The Morgan fingerprint density at radius 1 is 1.27 bits per heavy atom. The minimum atomic E-state index is -2.72. The predicted molar refractivity (Wildman–Crippen MR) is 142 cm³/mol. The van der Waals surface area contributed by atoms with E-state index in [1.165, 1.54) is 0 Å². The van der Waals surface area contributed by atoms with Gasteiger partial charge >= 0.3 is 0 Å². The highest BCUT2D eigenvalue weighted by Gasteiger charge is 2.34. The lowest BCUT2D eigenvalue weighted by atomic mass is 9.86. The maximum Gasteiger partial charge on any atom is 0.245 e. The van der Waals surface area contributed by atoms with E-state index in [4.69, 9.17) is 5.26 Å². The molecule has 0 aromatic heterocycles. The third kappa shape index (κ3) is 8.84. The van der Waals surface area contributed by atoms with Crippen LogP contribution in [0.4, 0.5) is 25.8 Å². The van der Waals surface area contributed by atoms with Crippen LogP contribution in [0.3, 0.4) is 0 Å². The zero-order valence-corrected chi connectivity index (χ0v) is 21.7. The summed E-state index contributed by atoms with van der Waals surface area (Å²) in [6, 6.07) is 12.4. The number of aliphatic hydroxyl groups is 1. The number of halogens is 2. The number of nitriles is 1. The Bertz CT molecular complexity index is 1190. The Morgan fingerprint density at radius 2 is 1.95 bits per heavy atom. The maximum absolute atomic E-state index is 12.6.